The second kappa shape index (κ2) is 5.82. The number of nitrogens with two attached hydrogens (primary N) is 2. The lowest BCUT2D eigenvalue weighted by Gasteiger charge is -2.20. The van der Waals surface area contributed by atoms with Crippen molar-refractivity contribution in [2.45, 2.75) is 18.9 Å². The molecule has 0 radical (unpaired) electrons. The highest BCUT2D eigenvalue weighted by atomic mass is 32.1. The molecule has 1 amide bonds. The Bertz CT molecular complexity index is 198. The van der Waals surface area contributed by atoms with Crippen molar-refractivity contribution in [2.75, 3.05) is 5.75 Å². The van der Waals surface area contributed by atoms with Crippen LogP contribution in [0.1, 0.15) is 12.8 Å². The Morgan fingerprint density at radius 3 is 2.31 bits per heavy atom. The molecule has 2 atom stereocenters. The second-order valence-corrected chi connectivity index (χ2v) is 3.20. The van der Waals surface area contributed by atoms with Crippen molar-refractivity contribution < 1.29 is 14.7 Å². The van der Waals surface area contributed by atoms with E-state index in [1.807, 2.05) is 0 Å². The van der Waals surface area contributed by atoms with Gasteiger partial charge in [-0.1, -0.05) is 6.42 Å². The molecular weight excluding hydrogens is 192 g/mol. The van der Waals surface area contributed by atoms with Gasteiger partial charge in [0.15, 0.2) is 0 Å². The zero-order valence-electron chi connectivity index (χ0n) is 7.10. The number of aliphatic carboxylic acids is 1. The Balaban J connectivity index is 4.22. The van der Waals surface area contributed by atoms with Crippen LogP contribution in [0.25, 0.3) is 0 Å². The van der Waals surface area contributed by atoms with Gasteiger partial charge in [0.2, 0.25) is 5.91 Å². The summed E-state index contributed by atoms with van der Waals surface area (Å²) in [5.74, 6) is -1.76. The first kappa shape index (κ1) is 12.2. The maximum Gasteiger partial charge on any atom is 0.320 e. The van der Waals surface area contributed by atoms with E-state index >= 15 is 0 Å². The molecule has 0 saturated carbocycles. The van der Waals surface area contributed by atoms with Crippen LogP contribution in [0.3, 0.4) is 0 Å². The number of primary amides is 1. The van der Waals surface area contributed by atoms with Gasteiger partial charge in [-0.2, -0.15) is 5.75 Å². The van der Waals surface area contributed by atoms with E-state index in [1.54, 1.807) is 0 Å². The first-order valence-corrected chi connectivity index (χ1v) is 4.41. The number of carboxylic acid groups (broad SMARTS) is 1. The van der Waals surface area contributed by atoms with Crippen LogP contribution >= 0.6 is 0 Å². The van der Waals surface area contributed by atoms with Crippen LogP contribution in [0.15, 0.2) is 0 Å². The molecule has 6 heteroatoms. The molecule has 5 N–H and O–H groups in total. The average Bonchev–Trinajstić information content (AvgIpc) is 2.01. The van der Waals surface area contributed by atoms with Crippen molar-refractivity contribution >= 4 is 24.5 Å². The molecule has 0 aliphatic heterocycles. The third-order valence-electron chi connectivity index (χ3n) is 1.75. The second-order valence-electron chi connectivity index (χ2n) is 2.79. The van der Waals surface area contributed by atoms with E-state index in [9.17, 15) is 9.59 Å². The minimum Gasteiger partial charge on any atom is -0.793 e. The van der Waals surface area contributed by atoms with Gasteiger partial charge in [-0.05, 0) is 5.92 Å². The lowest BCUT2D eigenvalue weighted by molar-refractivity contribution is -0.140. The number of rotatable bonds is 6. The quantitative estimate of drug-likeness (QED) is 0.473. The smallest absolute Gasteiger partial charge is 0.320 e. The number of carboxylic acids is 1. The van der Waals surface area contributed by atoms with Crippen LogP contribution in [0.4, 0.5) is 0 Å². The summed E-state index contributed by atoms with van der Waals surface area (Å²) >= 11 is 4.69. The fourth-order valence-corrected chi connectivity index (χ4v) is 1.32. The van der Waals surface area contributed by atoms with Crippen LogP contribution in [0.2, 0.25) is 0 Å². The van der Waals surface area contributed by atoms with E-state index in [1.165, 1.54) is 0 Å². The zero-order valence-corrected chi connectivity index (χ0v) is 7.92. The van der Waals surface area contributed by atoms with Crippen molar-refractivity contribution in [3.63, 3.8) is 0 Å². The highest BCUT2D eigenvalue weighted by Crippen LogP contribution is 2.11. The molecular formula is C7H13N2O3S-. The lowest BCUT2D eigenvalue weighted by Crippen LogP contribution is -2.40. The molecule has 0 aromatic carbocycles. The summed E-state index contributed by atoms with van der Waals surface area (Å²) in [5.41, 5.74) is 10.3. The van der Waals surface area contributed by atoms with Gasteiger partial charge < -0.3 is 29.2 Å². The number of hydrogen-bond acceptors (Lipinski definition) is 4. The van der Waals surface area contributed by atoms with Crippen LogP contribution in [0.5, 0.6) is 0 Å². The lowest BCUT2D eigenvalue weighted by atomic mass is 9.94. The average molecular weight is 205 g/mol. The molecule has 13 heavy (non-hydrogen) atoms. The summed E-state index contributed by atoms with van der Waals surface area (Å²) in [6.07, 6.45) is 0.399. The van der Waals surface area contributed by atoms with E-state index in [4.69, 9.17) is 16.6 Å². The number of carbonyl (C=O) groups excluding carboxylic acids is 1. The first-order valence-electron chi connectivity index (χ1n) is 3.83. The van der Waals surface area contributed by atoms with Crippen molar-refractivity contribution in [2.24, 2.45) is 17.4 Å². The summed E-state index contributed by atoms with van der Waals surface area (Å²) in [7, 11) is 0. The van der Waals surface area contributed by atoms with Gasteiger partial charge in [0.25, 0.3) is 0 Å². The topological polar surface area (TPSA) is 106 Å². The summed E-state index contributed by atoms with van der Waals surface area (Å²) in [6, 6.07) is -1.06. The maximum atomic E-state index is 10.6. The van der Waals surface area contributed by atoms with Gasteiger partial charge in [-0.3, -0.25) is 9.59 Å². The minimum atomic E-state index is -1.13. The van der Waals surface area contributed by atoms with Crippen molar-refractivity contribution in [1.29, 1.82) is 0 Å². The molecule has 0 aromatic heterocycles. The zero-order chi connectivity index (χ0) is 10.4. The van der Waals surface area contributed by atoms with Gasteiger partial charge >= 0.3 is 5.97 Å². The SMILES string of the molecule is NC(=O)CC(CC[S-])C(N)C(=O)O. The Kier molecular flexibility index (Phi) is 5.48. The highest BCUT2D eigenvalue weighted by molar-refractivity contribution is 7.58. The van der Waals surface area contributed by atoms with Gasteiger partial charge in [0, 0.05) is 6.42 Å². The van der Waals surface area contributed by atoms with Crippen LogP contribution in [-0.2, 0) is 22.2 Å². The summed E-state index contributed by atoms with van der Waals surface area (Å²) < 4.78 is 0. The van der Waals surface area contributed by atoms with Gasteiger partial charge in [0.05, 0.1) is 0 Å². The largest absolute Gasteiger partial charge is 0.793 e. The van der Waals surface area contributed by atoms with Crippen molar-refractivity contribution in [1.82, 2.24) is 0 Å². The van der Waals surface area contributed by atoms with E-state index in [0.717, 1.165) is 0 Å². The fraction of sp³-hybridized carbons (Fsp3) is 0.714. The number of amides is 1. The van der Waals surface area contributed by atoms with E-state index in [2.05, 4.69) is 12.6 Å². The monoisotopic (exact) mass is 205 g/mol. The Morgan fingerprint density at radius 2 is 2.00 bits per heavy atom. The van der Waals surface area contributed by atoms with Crippen LogP contribution < -0.4 is 11.5 Å². The minimum absolute atomic E-state index is 0.0237. The molecule has 0 fully saturated rings. The Labute approximate surface area is 81.9 Å². The summed E-state index contributed by atoms with van der Waals surface area (Å²) in [6.45, 7) is 0. The number of carbonyl (C=O) groups is 2. The van der Waals surface area contributed by atoms with E-state index in [0.29, 0.717) is 12.2 Å². The molecule has 0 bridgehead atoms. The molecule has 0 heterocycles. The molecule has 76 valence electrons. The fourth-order valence-electron chi connectivity index (χ4n) is 1.02. The Hall–Kier alpha value is -0.750. The van der Waals surface area contributed by atoms with Crippen LogP contribution in [0, 0.1) is 5.92 Å². The normalized spacial score (nSPS) is 14.9. The molecule has 0 spiro atoms. The molecule has 0 saturated heterocycles. The van der Waals surface area contributed by atoms with Gasteiger partial charge in [-0.25, -0.2) is 0 Å². The molecule has 2 unspecified atom stereocenters. The van der Waals surface area contributed by atoms with Crippen molar-refractivity contribution in [3.05, 3.63) is 0 Å². The molecule has 0 aliphatic rings. The molecule has 0 aromatic rings. The summed E-state index contributed by atoms with van der Waals surface area (Å²) in [4.78, 5) is 21.0. The number of hydrogen-bond donors (Lipinski definition) is 3. The van der Waals surface area contributed by atoms with Gasteiger partial charge in [0.1, 0.15) is 6.04 Å². The summed E-state index contributed by atoms with van der Waals surface area (Å²) in [5, 5.41) is 8.58. The molecule has 0 rings (SSSR count). The predicted octanol–water partition coefficient (Wildman–Crippen LogP) is -1.17. The molecule has 5 nitrogen and oxygen atoms in total. The standard InChI is InChI=1S/C7H14N2O3S/c8-5(10)3-4(1-2-13)6(9)7(11)12/h4,6,13H,1-3,9H2,(H2,8,10)(H,11,12)/p-1. The van der Waals surface area contributed by atoms with E-state index < -0.39 is 23.8 Å². The van der Waals surface area contributed by atoms with Crippen molar-refractivity contribution in [3.8, 4) is 0 Å². The molecule has 0 aliphatic carbocycles. The third kappa shape index (κ3) is 4.74. The highest BCUT2D eigenvalue weighted by Gasteiger charge is 2.23. The maximum absolute atomic E-state index is 10.6. The predicted molar refractivity (Wildman–Crippen MR) is 49.8 cm³/mol. The van der Waals surface area contributed by atoms with Gasteiger partial charge in [-0.15, -0.1) is 0 Å². The van der Waals surface area contributed by atoms with Crippen LogP contribution in [-0.4, -0.2) is 28.8 Å². The first-order chi connectivity index (χ1) is 5.99. The third-order valence-corrected chi connectivity index (χ3v) is 1.98. The Morgan fingerprint density at radius 1 is 1.46 bits per heavy atom. The van der Waals surface area contributed by atoms with E-state index in [-0.39, 0.29) is 6.42 Å².